The fourth-order valence-electron chi connectivity index (χ4n) is 2.36. The molecule has 0 radical (unpaired) electrons. The van der Waals surface area contributed by atoms with Crippen LogP contribution in [0.5, 0.6) is 0 Å². The maximum atomic E-state index is 13.9. The molecule has 2 N–H and O–H groups in total. The zero-order valence-electron chi connectivity index (χ0n) is 11.8. The van der Waals surface area contributed by atoms with Crippen LogP contribution in [0.4, 0.5) is 10.2 Å². The van der Waals surface area contributed by atoms with Crippen molar-refractivity contribution in [3.05, 3.63) is 59.4 Å². The molecule has 0 saturated heterocycles. The highest BCUT2D eigenvalue weighted by atomic mass is 19.1. The molecule has 0 unspecified atom stereocenters. The first kappa shape index (κ1) is 13.3. The molecular formula is C16H15FN4. The van der Waals surface area contributed by atoms with Crippen molar-refractivity contribution in [1.82, 2.24) is 15.0 Å². The Labute approximate surface area is 122 Å². The van der Waals surface area contributed by atoms with Gasteiger partial charge in [-0.25, -0.2) is 4.39 Å². The van der Waals surface area contributed by atoms with E-state index in [0.29, 0.717) is 17.2 Å². The summed E-state index contributed by atoms with van der Waals surface area (Å²) in [6, 6.07) is 12.3. The van der Waals surface area contributed by atoms with Crippen LogP contribution in [0.2, 0.25) is 0 Å². The van der Waals surface area contributed by atoms with E-state index in [9.17, 15) is 4.39 Å². The van der Waals surface area contributed by atoms with E-state index in [1.54, 1.807) is 18.2 Å². The largest absolute Gasteiger partial charge is 0.382 e. The number of aryl methyl sites for hydroxylation is 2. The van der Waals surface area contributed by atoms with Gasteiger partial charge in [0.1, 0.15) is 17.2 Å². The van der Waals surface area contributed by atoms with E-state index in [1.807, 2.05) is 26.0 Å². The Morgan fingerprint density at radius 2 is 1.86 bits per heavy atom. The Bertz CT molecular complexity index is 808. The molecule has 21 heavy (non-hydrogen) atoms. The SMILES string of the molecule is Cc1ccc(-c2nnn(-c3ccccc3F)c2N)c(C)c1. The number of hydrogen-bond acceptors (Lipinski definition) is 3. The number of halogens is 1. The number of nitrogen functional groups attached to an aromatic ring is 1. The van der Waals surface area contributed by atoms with Gasteiger partial charge in [0.05, 0.1) is 0 Å². The second-order valence-electron chi connectivity index (χ2n) is 5.00. The first-order valence-corrected chi connectivity index (χ1v) is 6.61. The molecule has 1 aromatic heterocycles. The minimum Gasteiger partial charge on any atom is -0.382 e. The minimum atomic E-state index is -0.388. The summed E-state index contributed by atoms with van der Waals surface area (Å²) < 4.78 is 15.2. The van der Waals surface area contributed by atoms with Gasteiger partial charge < -0.3 is 5.73 Å². The number of para-hydroxylation sites is 1. The molecule has 106 valence electrons. The third-order valence-electron chi connectivity index (χ3n) is 3.42. The second kappa shape index (κ2) is 5.01. The Kier molecular flexibility index (Phi) is 3.17. The summed E-state index contributed by atoms with van der Waals surface area (Å²) in [6.07, 6.45) is 0. The fraction of sp³-hybridized carbons (Fsp3) is 0.125. The van der Waals surface area contributed by atoms with Crippen molar-refractivity contribution in [3.8, 4) is 16.9 Å². The molecule has 3 rings (SSSR count). The van der Waals surface area contributed by atoms with Gasteiger partial charge in [0.15, 0.2) is 5.82 Å². The molecule has 2 aromatic carbocycles. The molecule has 1 heterocycles. The van der Waals surface area contributed by atoms with Crippen LogP contribution in [0.15, 0.2) is 42.5 Å². The first-order chi connectivity index (χ1) is 10.1. The molecule has 0 amide bonds. The van der Waals surface area contributed by atoms with Gasteiger partial charge in [-0.05, 0) is 31.5 Å². The molecular weight excluding hydrogens is 267 g/mol. The van der Waals surface area contributed by atoms with Crippen LogP contribution < -0.4 is 5.73 Å². The normalized spacial score (nSPS) is 10.8. The van der Waals surface area contributed by atoms with Crippen molar-refractivity contribution in [2.24, 2.45) is 0 Å². The predicted molar refractivity (Wildman–Crippen MR) is 80.6 cm³/mol. The van der Waals surface area contributed by atoms with E-state index in [1.165, 1.54) is 10.7 Å². The van der Waals surface area contributed by atoms with Crippen LogP contribution in [0.25, 0.3) is 16.9 Å². The highest BCUT2D eigenvalue weighted by molar-refractivity contribution is 5.73. The van der Waals surface area contributed by atoms with Gasteiger partial charge in [-0.15, -0.1) is 5.10 Å². The second-order valence-corrected chi connectivity index (χ2v) is 5.00. The molecule has 0 aliphatic rings. The summed E-state index contributed by atoms with van der Waals surface area (Å²) in [7, 11) is 0. The van der Waals surface area contributed by atoms with Crippen LogP contribution in [0.3, 0.4) is 0 Å². The lowest BCUT2D eigenvalue weighted by Crippen LogP contribution is -2.04. The van der Waals surface area contributed by atoms with Crippen molar-refractivity contribution in [3.63, 3.8) is 0 Å². The van der Waals surface area contributed by atoms with Crippen LogP contribution in [0, 0.1) is 19.7 Å². The lowest BCUT2D eigenvalue weighted by Gasteiger charge is -2.06. The zero-order chi connectivity index (χ0) is 15.0. The summed E-state index contributed by atoms with van der Waals surface area (Å²) in [5.74, 6) is -0.0617. The van der Waals surface area contributed by atoms with Crippen molar-refractivity contribution in [2.75, 3.05) is 5.73 Å². The van der Waals surface area contributed by atoms with E-state index in [4.69, 9.17) is 5.73 Å². The summed E-state index contributed by atoms with van der Waals surface area (Å²) in [5, 5.41) is 8.10. The van der Waals surface area contributed by atoms with Gasteiger partial charge in [0, 0.05) is 5.56 Å². The number of nitrogens with zero attached hydrogens (tertiary/aromatic N) is 3. The highest BCUT2D eigenvalue weighted by Crippen LogP contribution is 2.29. The predicted octanol–water partition coefficient (Wildman–Crippen LogP) is 3.27. The van der Waals surface area contributed by atoms with E-state index in [2.05, 4.69) is 16.4 Å². The van der Waals surface area contributed by atoms with E-state index < -0.39 is 0 Å². The van der Waals surface area contributed by atoms with Gasteiger partial charge in [0.25, 0.3) is 0 Å². The summed E-state index contributed by atoms with van der Waals surface area (Å²) in [5.41, 5.74) is 10.1. The van der Waals surface area contributed by atoms with Crippen molar-refractivity contribution >= 4 is 5.82 Å². The average Bonchev–Trinajstić information content (AvgIpc) is 2.81. The Morgan fingerprint density at radius 1 is 1.10 bits per heavy atom. The minimum absolute atomic E-state index is 0.290. The van der Waals surface area contributed by atoms with Crippen LogP contribution in [-0.4, -0.2) is 15.0 Å². The Morgan fingerprint density at radius 3 is 2.57 bits per heavy atom. The van der Waals surface area contributed by atoms with E-state index >= 15 is 0 Å². The van der Waals surface area contributed by atoms with Gasteiger partial charge in [-0.1, -0.05) is 41.1 Å². The fourth-order valence-corrected chi connectivity index (χ4v) is 2.36. The number of nitrogens with two attached hydrogens (primary N) is 1. The van der Waals surface area contributed by atoms with Gasteiger partial charge in [0.2, 0.25) is 0 Å². The lowest BCUT2D eigenvalue weighted by molar-refractivity contribution is 0.608. The Balaban J connectivity index is 2.14. The molecule has 0 saturated carbocycles. The summed E-state index contributed by atoms with van der Waals surface area (Å²) in [4.78, 5) is 0. The number of rotatable bonds is 2. The van der Waals surface area contributed by atoms with E-state index in [-0.39, 0.29) is 5.82 Å². The molecule has 4 nitrogen and oxygen atoms in total. The number of benzene rings is 2. The van der Waals surface area contributed by atoms with Crippen LogP contribution >= 0.6 is 0 Å². The molecule has 3 aromatic rings. The number of anilines is 1. The van der Waals surface area contributed by atoms with Gasteiger partial charge in [-0.3, -0.25) is 0 Å². The molecule has 0 bridgehead atoms. The van der Waals surface area contributed by atoms with Crippen LogP contribution in [-0.2, 0) is 0 Å². The lowest BCUT2D eigenvalue weighted by atomic mass is 10.0. The summed E-state index contributed by atoms with van der Waals surface area (Å²) >= 11 is 0. The van der Waals surface area contributed by atoms with E-state index in [0.717, 1.165) is 16.7 Å². The third kappa shape index (κ3) is 2.27. The molecule has 0 atom stereocenters. The quantitative estimate of drug-likeness (QED) is 0.784. The topological polar surface area (TPSA) is 56.7 Å². The monoisotopic (exact) mass is 282 g/mol. The third-order valence-corrected chi connectivity index (χ3v) is 3.42. The maximum Gasteiger partial charge on any atom is 0.156 e. The molecule has 5 heteroatoms. The number of aromatic nitrogens is 3. The molecule has 0 aliphatic carbocycles. The van der Waals surface area contributed by atoms with Gasteiger partial charge in [-0.2, -0.15) is 4.68 Å². The molecule has 0 fully saturated rings. The van der Waals surface area contributed by atoms with Crippen molar-refractivity contribution in [1.29, 1.82) is 0 Å². The summed E-state index contributed by atoms with van der Waals surface area (Å²) in [6.45, 7) is 4.01. The number of hydrogen-bond donors (Lipinski definition) is 1. The molecule has 0 aliphatic heterocycles. The van der Waals surface area contributed by atoms with Crippen molar-refractivity contribution in [2.45, 2.75) is 13.8 Å². The maximum absolute atomic E-state index is 13.9. The average molecular weight is 282 g/mol. The standard InChI is InChI=1S/C16H15FN4/c1-10-7-8-12(11(2)9-10)15-16(18)21(20-19-15)14-6-4-3-5-13(14)17/h3-9H,18H2,1-2H3. The smallest absolute Gasteiger partial charge is 0.156 e. The Hall–Kier alpha value is -2.69. The highest BCUT2D eigenvalue weighted by Gasteiger charge is 2.16. The first-order valence-electron chi connectivity index (χ1n) is 6.61. The van der Waals surface area contributed by atoms with Crippen molar-refractivity contribution < 1.29 is 4.39 Å². The zero-order valence-corrected chi connectivity index (χ0v) is 11.8. The van der Waals surface area contributed by atoms with Gasteiger partial charge >= 0.3 is 0 Å². The molecule has 0 spiro atoms. The van der Waals surface area contributed by atoms with Crippen LogP contribution in [0.1, 0.15) is 11.1 Å².